The van der Waals surface area contributed by atoms with E-state index >= 15 is 0 Å². The Balaban J connectivity index is 1.42. The van der Waals surface area contributed by atoms with E-state index in [9.17, 15) is 14.4 Å². The van der Waals surface area contributed by atoms with Crippen molar-refractivity contribution < 1.29 is 23.9 Å². The SMILES string of the molecule is COc1ccc(C(=O)NCCCC(=O)Nc2cccc(N3CCOC3=O)c2)cc1. The average molecular weight is 397 g/mol. The maximum atomic E-state index is 12.2. The van der Waals surface area contributed by atoms with Gasteiger partial charge in [-0.2, -0.15) is 0 Å². The van der Waals surface area contributed by atoms with Crippen LogP contribution in [0.3, 0.4) is 0 Å². The number of benzene rings is 2. The molecule has 0 aromatic heterocycles. The zero-order valence-electron chi connectivity index (χ0n) is 16.1. The monoisotopic (exact) mass is 397 g/mol. The van der Waals surface area contributed by atoms with E-state index in [1.165, 1.54) is 4.90 Å². The van der Waals surface area contributed by atoms with Crippen molar-refractivity contribution in [3.05, 3.63) is 54.1 Å². The first kappa shape index (κ1) is 20.2. The smallest absolute Gasteiger partial charge is 0.414 e. The van der Waals surface area contributed by atoms with E-state index in [2.05, 4.69) is 10.6 Å². The molecule has 0 saturated carbocycles. The molecule has 0 atom stereocenters. The minimum Gasteiger partial charge on any atom is -0.497 e. The van der Waals surface area contributed by atoms with Crippen LogP contribution in [-0.4, -0.2) is 44.7 Å². The van der Waals surface area contributed by atoms with E-state index in [0.29, 0.717) is 48.8 Å². The molecular weight excluding hydrogens is 374 g/mol. The van der Waals surface area contributed by atoms with Crippen LogP contribution >= 0.6 is 0 Å². The Bertz CT molecular complexity index is 882. The highest BCUT2D eigenvalue weighted by molar-refractivity contribution is 5.95. The molecule has 2 aromatic rings. The quantitative estimate of drug-likeness (QED) is 0.668. The van der Waals surface area contributed by atoms with Crippen molar-refractivity contribution in [3.63, 3.8) is 0 Å². The average Bonchev–Trinajstić information content (AvgIpc) is 3.17. The number of rotatable bonds is 8. The number of carbonyl (C=O) groups is 3. The second-order valence-corrected chi connectivity index (χ2v) is 6.45. The Morgan fingerprint density at radius 2 is 1.97 bits per heavy atom. The van der Waals surface area contributed by atoms with Crippen LogP contribution in [0.4, 0.5) is 16.2 Å². The summed E-state index contributed by atoms with van der Waals surface area (Å²) in [6, 6.07) is 13.9. The molecule has 29 heavy (non-hydrogen) atoms. The van der Waals surface area contributed by atoms with Gasteiger partial charge in [0.1, 0.15) is 12.4 Å². The summed E-state index contributed by atoms with van der Waals surface area (Å²) in [6.07, 6.45) is 0.381. The zero-order chi connectivity index (χ0) is 20.6. The van der Waals surface area contributed by atoms with E-state index in [-0.39, 0.29) is 24.3 Å². The Kier molecular flexibility index (Phi) is 6.67. The number of nitrogens with zero attached hydrogens (tertiary/aromatic N) is 1. The first-order valence-corrected chi connectivity index (χ1v) is 9.33. The maximum Gasteiger partial charge on any atom is 0.414 e. The molecule has 0 bridgehead atoms. The number of nitrogens with one attached hydrogen (secondary N) is 2. The van der Waals surface area contributed by atoms with Gasteiger partial charge in [0, 0.05) is 29.9 Å². The minimum absolute atomic E-state index is 0.162. The first-order valence-electron chi connectivity index (χ1n) is 9.33. The van der Waals surface area contributed by atoms with Crippen molar-refractivity contribution in [2.45, 2.75) is 12.8 Å². The maximum absolute atomic E-state index is 12.2. The molecule has 0 spiro atoms. The number of hydrogen-bond acceptors (Lipinski definition) is 5. The highest BCUT2D eigenvalue weighted by Crippen LogP contribution is 2.22. The van der Waals surface area contributed by atoms with Crippen LogP contribution in [0, 0.1) is 0 Å². The molecule has 1 aliphatic heterocycles. The van der Waals surface area contributed by atoms with E-state index in [4.69, 9.17) is 9.47 Å². The lowest BCUT2D eigenvalue weighted by Gasteiger charge is -2.14. The zero-order valence-corrected chi connectivity index (χ0v) is 16.1. The predicted molar refractivity (Wildman–Crippen MR) is 108 cm³/mol. The van der Waals surface area contributed by atoms with Gasteiger partial charge in [0.25, 0.3) is 5.91 Å². The fraction of sp³-hybridized carbons (Fsp3) is 0.286. The van der Waals surface area contributed by atoms with Crippen molar-refractivity contribution in [1.29, 1.82) is 0 Å². The number of methoxy groups -OCH3 is 1. The normalized spacial score (nSPS) is 13.0. The number of cyclic esters (lactones) is 1. The molecule has 1 heterocycles. The lowest BCUT2D eigenvalue weighted by atomic mass is 10.2. The van der Waals surface area contributed by atoms with E-state index < -0.39 is 0 Å². The van der Waals surface area contributed by atoms with Gasteiger partial charge in [0.05, 0.1) is 13.7 Å². The molecule has 1 aliphatic rings. The molecule has 0 aliphatic carbocycles. The minimum atomic E-state index is -0.388. The summed E-state index contributed by atoms with van der Waals surface area (Å²) in [5.41, 5.74) is 1.82. The number of amides is 3. The molecule has 0 unspecified atom stereocenters. The fourth-order valence-corrected chi connectivity index (χ4v) is 2.90. The third-order valence-corrected chi connectivity index (χ3v) is 4.42. The van der Waals surface area contributed by atoms with Crippen molar-refractivity contribution in [1.82, 2.24) is 5.32 Å². The number of ether oxygens (including phenoxy) is 2. The molecule has 1 fully saturated rings. The van der Waals surface area contributed by atoms with Gasteiger partial charge in [-0.1, -0.05) is 6.07 Å². The Morgan fingerprint density at radius 1 is 1.17 bits per heavy atom. The van der Waals surface area contributed by atoms with Crippen LogP contribution in [0.25, 0.3) is 0 Å². The van der Waals surface area contributed by atoms with E-state index in [0.717, 1.165) is 0 Å². The highest BCUT2D eigenvalue weighted by Gasteiger charge is 2.23. The summed E-state index contributed by atoms with van der Waals surface area (Å²) in [5.74, 6) is 0.326. The summed E-state index contributed by atoms with van der Waals surface area (Å²) in [4.78, 5) is 37.4. The Morgan fingerprint density at radius 3 is 2.66 bits per heavy atom. The van der Waals surface area contributed by atoms with Crippen LogP contribution in [0.2, 0.25) is 0 Å². The molecule has 2 N–H and O–H groups in total. The molecule has 3 amide bonds. The van der Waals surface area contributed by atoms with Crippen LogP contribution in [0.1, 0.15) is 23.2 Å². The summed E-state index contributed by atoms with van der Waals surface area (Å²) in [7, 11) is 1.57. The van der Waals surface area contributed by atoms with Crippen molar-refractivity contribution in [2.75, 3.05) is 37.0 Å². The number of carbonyl (C=O) groups excluding carboxylic acids is 3. The van der Waals surface area contributed by atoms with Gasteiger partial charge in [0.15, 0.2) is 0 Å². The third-order valence-electron chi connectivity index (χ3n) is 4.42. The number of anilines is 2. The van der Waals surface area contributed by atoms with Crippen molar-refractivity contribution >= 4 is 29.3 Å². The molecule has 8 nitrogen and oxygen atoms in total. The van der Waals surface area contributed by atoms with Gasteiger partial charge >= 0.3 is 6.09 Å². The van der Waals surface area contributed by atoms with E-state index in [1.54, 1.807) is 55.6 Å². The standard InChI is InChI=1S/C21H23N3O5/c1-28-18-9-7-15(8-10-18)20(26)22-11-3-6-19(25)23-16-4-2-5-17(14-16)24-12-13-29-21(24)27/h2,4-5,7-10,14H,3,6,11-13H2,1H3,(H,22,26)(H,23,25). The molecule has 152 valence electrons. The van der Waals surface area contributed by atoms with Gasteiger partial charge in [-0.15, -0.1) is 0 Å². The lowest BCUT2D eigenvalue weighted by molar-refractivity contribution is -0.116. The van der Waals surface area contributed by atoms with Crippen LogP contribution in [-0.2, 0) is 9.53 Å². The van der Waals surface area contributed by atoms with Gasteiger partial charge in [0.2, 0.25) is 5.91 Å². The molecular formula is C21H23N3O5. The van der Waals surface area contributed by atoms with Gasteiger partial charge < -0.3 is 20.1 Å². The largest absolute Gasteiger partial charge is 0.497 e. The highest BCUT2D eigenvalue weighted by atomic mass is 16.6. The second kappa shape index (κ2) is 9.59. The lowest BCUT2D eigenvalue weighted by Crippen LogP contribution is -2.25. The molecule has 1 saturated heterocycles. The van der Waals surface area contributed by atoms with Gasteiger partial charge in [-0.3, -0.25) is 14.5 Å². The molecule has 8 heteroatoms. The third kappa shape index (κ3) is 5.47. The number of hydrogen-bond donors (Lipinski definition) is 2. The molecule has 2 aromatic carbocycles. The topological polar surface area (TPSA) is 97.0 Å². The van der Waals surface area contributed by atoms with Crippen LogP contribution < -0.4 is 20.3 Å². The van der Waals surface area contributed by atoms with Gasteiger partial charge in [-0.25, -0.2) is 4.79 Å². The summed E-state index contributed by atoms with van der Waals surface area (Å²) in [6.45, 7) is 1.24. The Hall–Kier alpha value is -3.55. The van der Waals surface area contributed by atoms with Gasteiger partial charge in [-0.05, 0) is 48.9 Å². The summed E-state index contributed by atoms with van der Waals surface area (Å²) in [5, 5.41) is 5.60. The summed E-state index contributed by atoms with van der Waals surface area (Å²) >= 11 is 0. The van der Waals surface area contributed by atoms with Crippen LogP contribution in [0.15, 0.2) is 48.5 Å². The van der Waals surface area contributed by atoms with E-state index in [1.807, 2.05) is 0 Å². The fourth-order valence-electron chi connectivity index (χ4n) is 2.90. The first-order chi connectivity index (χ1) is 14.1. The Labute approximate surface area is 168 Å². The van der Waals surface area contributed by atoms with Crippen molar-refractivity contribution in [3.8, 4) is 5.75 Å². The molecule has 3 rings (SSSR count). The van der Waals surface area contributed by atoms with Crippen molar-refractivity contribution in [2.24, 2.45) is 0 Å². The van der Waals surface area contributed by atoms with Crippen LogP contribution in [0.5, 0.6) is 5.75 Å². The second-order valence-electron chi connectivity index (χ2n) is 6.45. The summed E-state index contributed by atoms with van der Waals surface area (Å²) < 4.78 is 9.99. The molecule has 0 radical (unpaired) electrons. The predicted octanol–water partition coefficient (Wildman–Crippen LogP) is 2.80.